The monoisotopic (exact) mass is 630 g/mol. The highest BCUT2D eigenvalue weighted by Gasteiger charge is 2.54. The number of ether oxygens (including phenoxy) is 5. The van der Waals surface area contributed by atoms with Gasteiger partial charge in [0.25, 0.3) is 0 Å². The lowest BCUT2D eigenvalue weighted by Crippen LogP contribution is -2.62. The number of carbonyl (C=O) groups excluding carboxylic acids is 4. The first kappa shape index (κ1) is 42.0. The molecule has 0 unspecified atom stereocenters. The fourth-order valence-corrected chi connectivity index (χ4v) is 4.19. The minimum Gasteiger partial charge on any atom is -0.463 e. The van der Waals surface area contributed by atoms with Crippen LogP contribution >= 0.6 is 7.82 Å². The predicted octanol–water partition coefficient (Wildman–Crippen LogP) is 1.88. The fraction of sp³-hybridized carbons (Fsp3) is 0.846. The van der Waals surface area contributed by atoms with E-state index in [0.29, 0.717) is 0 Å². The van der Waals surface area contributed by atoms with Crippen LogP contribution in [0.1, 0.15) is 69.2 Å². The first-order chi connectivity index (χ1) is 19.5. The van der Waals surface area contributed by atoms with Gasteiger partial charge in [-0.2, -0.15) is 0 Å². The van der Waals surface area contributed by atoms with Crippen LogP contribution in [0.2, 0.25) is 0 Å². The Hall–Kier alpha value is -2.13. The molecule has 1 heterocycles. The van der Waals surface area contributed by atoms with Crippen molar-refractivity contribution < 1.29 is 61.7 Å². The van der Waals surface area contributed by atoms with Crippen LogP contribution < -0.4 is 0 Å². The molecule has 1 saturated heterocycles. The van der Waals surface area contributed by atoms with Gasteiger partial charge in [-0.3, -0.25) is 23.7 Å². The van der Waals surface area contributed by atoms with Crippen molar-refractivity contribution in [2.24, 2.45) is 0 Å². The lowest BCUT2D eigenvalue weighted by molar-refractivity contribution is -0.291. The molecular formula is C26H51N2O13P. The summed E-state index contributed by atoms with van der Waals surface area (Å²) >= 11 is 0. The smallest absolute Gasteiger partial charge is 0.463 e. The molecule has 1 aliphatic heterocycles. The minimum atomic E-state index is -5.16. The van der Waals surface area contributed by atoms with Crippen LogP contribution in [0, 0.1) is 0 Å². The first-order valence-corrected chi connectivity index (χ1v) is 15.5. The Bertz CT molecular complexity index is 823. The number of esters is 4. The van der Waals surface area contributed by atoms with E-state index >= 15 is 0 Å². The largest absolute Gasteiger partial charge is 0.472 e. The van der Waals surface area contributed by atoms with E-state index < -0.39 is 69.0 Å². The van der Waals surface area contributed by atoms with Gasteiger partial charge in [0, 0.05) is 27.7 Å². The zero-order chi connectivity index (χ0) is 33.0. The van der Waals surface area contributed by atoms with E-state index in [2.05, 4.69) is 55.9 Å². The molecular weight excluding hydrogens is 579 g/mol. The molecule has 248 valence electrons. The third-order valence-electron chi connectivity index (χ3n) is 5.87. The topological polar surface area (TPSA) is 188 Å². The van der Waals surface area contributed by atoms with Gasteiger partial charge in [0.15, 0.2) is 18.3 Å². The lowest BCUT2D eigenvalue weighted by atomic mass is 9.98. The Morgan fingerprint density at radius 2 is 1.00 bits per heavy atom. The maximum absolute atomic E-state index is 11.5. The summed E-state index contributed by atoms with van der Waals surface area (Å²) in [6.07, 6.45) is -8.01. The summed E-state index contributed by atoms with van der Waals surface area (Å²) in [6.45, 7) is 23.8. The van der Waals surface area contributed by atoms with Crippen molar-refractivity contribution in [1.82, 2.24) is 9.80 Å². The van der Waals surface area contributed by atoms with Gasteiger partial charge in [0.2, 0.25) is 6.29 Å². The standard InChI is InChI=1S/C14H21O13P.2C6H15N/c1-6(15)22-5-10-11(23-7(2)16)12(24-8(3)17)13(25-9(4)18)14(26-10)27-28(19,20)21;2*1-4-7(5-2)6-3/h10-14H,5H2,1-4H3,(H2,19,20,21);2*4-6H2,1-3H3/t10-,11-,12+,13-,14-;;/m1../s1. The molecule has 0 amide bonds. The number of rotatable bonds is 13. The summed E-state index contributed by atoms with van der Waals surface area (Å²) < 4.78 is 40.9. The normalized spacial score (nSPS) is 21.7. The van der Waals surface area contributed by atoms with Crippen LogP contribution in [0.5, 0.6) is 0 Å². The Balaban J connectivity index is 0. The molecule has 15 nitrogen and oxygen atoms in total. The van der Waals surface area contributed by atoms with Gasteiger partial charge in [-0.25, -0.2) is 4.57 Å². The lowest BCUT2D eigenvalue weighted by Gasteiger charge is -2.43. The zero-order valence-electron chi connectivity index (χ0n) is 26.6. The summed E-state index contributed by atoms with van der Waals surface area (Å²) in [5.74, 6) is -3.38. The highest BCUT2D eigenvalue weighted by molar-refractivity contribution is 7.46. The molecule has 16 heteroatoms. The second kappa shape index (κ2) is 22.4. The van der Waals surface area contributed by atoms with Crippen molar-refractivity contribution in [1.29, 1.82) is 0 Å². The van der Waals surface area contributed by atoms with Crippen molar-refractivity contribution in [3.05, 3.63) is 0 Å². The quantitative estimate of drug-likeness (QED) is 0.170. The maximum atomic E-state index is 11.5. The molecule has 0 bridgehead atoms. The van der Waals surface area contributed by atoms with Crippen molar-refractivity contribution in [2.45, 2.75) is 99.9 Å². The van der Waals surface area contributed by atoms with Crippen molar-refractivity contribution in [2.75, 3.05) is 45.9 Å². The van der Waals surface area contributed by atoms with Crippen LogP contribution in [-0.4, -0.2) is 120 Å². The van der Waals surface area contributed by atoms with Gasteiger partial charge in [0.05, 0.1) is 0 Å². The van der Waals surface area contributed by atoms with Crippen LogP contribution in [0.15, 0.2) is 0 Å². The molecule has 0 saturated carbocycles. The molecule has 42 heavy (non-hydrogen) atoms. The summed E-state index contributed by atoms with van der Waals surface area (Å²) in [7, 11) is -5.16. The van der Waals surface area contributed by atoms with Crippen LogP contribution in [0.3, 0.4) is 0 Å². The summed E-state index contributed by atoms with van der Waals surface area (Å²) in [6, 6.07) is 0. The van der Waals surface area contributed by atoms with Crippen LogP contribution in [0.25, 0.3) is 0 Å². The van der Waals surface area contributed by atoms with Crippen molar-refractivity contribution in [3.8, 4) is 0 Å². The van der Waals surface area contributed by atoms with Crippen LogP contribution in [0.4, 0.5) is 0 Å². The summed E-state index contributed by atoms with van der Waals surface area (Å²) in [4.78, 5) is 68.5. The van der Waals surface area contributed by atoms with E-state index in [1.165, 1.54) is 39.3 Å². The Kier molecular flexibility index (Phi) is 22.4. The van der Waals surface area contributed by atoms with Gasteiger partial charge >= 0.3 is 31.7 Å². The van der Waals surface area contributed by atoms with Gasteiger partial charge in [-0.15, -0.1) is 0 Å². The molecule has 0 aromatic carbocycles. The average Bonchev–Trinajstić information content (AvgIpc) is 2.88. The van der Waals surface area contributed by atoms with E-state index in [1.54, 1.807) is 0 Å². The molecule has 1 fully saturated rings. The van der Waals surface area contributed by atoms with Crippen molar-refractivity contribution in [3.63, 3.8) is 0 Å². The molecule has 0 aromatic rings. The molecule has 0 aliphatic carbocycles. The number of carbonyl (C=O) groups is 4. The fourth-order valence-electron chi connectivity index (χ4n) is 3.75. The number of phosphoric ester groups is 1. The number of nitrogens with zero attached hydrogens (tertiary/aromatic N) is 2. The summed E-state index contributed by atoms with van der Waals surface area (Å²) in [5, 5.41) is 0. The van der Waals surface area contributed by atoms with Gasteiger partial charge in [-0.1, -0.05) is 41.5 Å². The SMILES string of the molecule is CC(=O)OC[C@H]1O[C@H](OP(=O)(O)O)[C@H](OC(C)=O)[C@@H](OC(C)=O)[C@@H]1OC(C)=O.CCN(CC)CC.CCN(CC)CC. The van der Waals surface area contributed by atoms with Crippen LogP contribution in [-0.2, 0) is 52.0 Å². The maximum Gasteiger partial charge on any atom is 0.472 e. The molecule has 0 aromatic heterocycles. The predicted molar refractivity (Wildman–Crippen MR) is 152 cm³/mol. The highest BCUT2D eigenvalue weighted by atomic mass is 31.2. The Morgan fingerprint density at radius 3 is 1.29 bits per heavy atom. The zero-order valence-corrected chi connectivity index (χ0v) is 27.5. The van der Waals surface area contributed by atoms with Gasteiger partial charge < -0.3 is 43.3 Å². The highest BCUT2D eigenvalue weighted by Crippen LogP contribution is 2.42. The third kappa shape index (κ3) is 19.1. The molecule has 0 radical (unpaired) electrons. The van der Waals surface area contributed by atoms with E-state index in [-0.39, 0.29) is 0 Å². The second-order valence-corrected chi connectivity index (χ2v) is 10.1. The van der Waals surface area contributed by atoms with Gasteiger partial charge in [0.1, 0.15) is 12.7 Å². The van der Waals surface area contributed by atoms with E-state index in [0.717, 1.165) is 27.7 Å². The third-order valence-corrected chi connectivity index (χ3v) is 6.36. The van der Waals surface area contributed by atoms with Gasteiger partial charge in [-0.05, 0) is 39.3 Å². The second-order valence-electron chi connectivity index (χ2n) is 8.90. The average molecular weight is 631 g/mol. The number of phosphoric acid groups is 1. The van der Waals surface area contributed by atoms with E-state index in [9.17, 15) is 23.7 Å². The molecule has 2 N–H and O–H groups in total. The number of hydrogen-bond acceptors (Lipinski definition) is 13. The van der Waals surface area contributed by atoms with E-state index in [1.807, 2.05) is 0 Å². The molecule has 5 atom stereocenters. The van der Waals surface area contributed by atoms with E-state index in [4.69, 9.17) is 33.5 Å². The molecule has 0 spiro atoms. The number of hydrogen-bond donors (Lipinski definition) is 2. The summed E-state index contributed by atoms with van der Waals surface area (Å²) in [5.41, 5.74) is 0. The Labute approximate surface area is 249 Å². The Morgan fingerprint density at radius 1 is 0.643 bits per heavy atom. The molecule has 1 rings (SSSR count). The van der Waals surface area contributed by atoms with Crippen molar-refractivity contribution >= 4 is 31.7 Å². The first-order valence-electron chi connectivity index (χ1n) is 14.0. The minimum absolute atomic E-state index is 0.543. The molecule has 1 aliphatic rings.